The molecule has 2 heterocycles. The molecule has 7 nitrogen and oxygen atoms in total. The third-order valence-corrected chi connectivity index (χ3v) is 4.03. The molecule has 1 fully saturated rings. The van der Waals surface area contributed by atoms with E-state index in [1.54, 1.807) is 19.3 Å². The molecule has 0 bridgehead atoms. The third-order valence-electron chi connectivity index (χ3n) is 4.03. The van der Waals surface area contributed by atoms with Gasteiger partial charge in [-0.15, -0.1) is 0 Å². The standard InChI is InChI=1S/C17H27FN6O/c1-12(2)16(25)21-8-9-22-17(19-3)23-13-6-10-24(11-13)15-14(18)5-4-7-20-15/h4-5,7,12-13H,6,8-11H2,1-3H3,(H,21,25)(H2,19,22,23). The normalized spacial score (nSPS) is 17.7. The topological polar surface area (TPSA) is 81.6 Å². The summed E-state index contributed by atoms with van der Waals surface area (Å²) in [4.78, 5) is 21.8. The summed E-state index contributed by atoms with van der Waals surface area (Å²) in [6, 6.07) is 3.18. The zero-order valence-corrected chi connectivity index (χ0v) is 15.1. The number of amides is 1. The number of nitrogens with one attached hydrogen (secondary N) is 3. The van der Waals surface area contributed by atoms with E-state index >= 15 is 0 Å². The Kier molecular flexibility index (Phi) is 6.97. The van der Waals surface area contributed by atoms with Crippen molar-refractivity contribution in [3.63, 3.8) is 0 Å². The van der Waals surface area contributed by atoms with Crippen molar-refractivity contribution in [1.29, 1.82) is 0 Å². The van der Waals surface area contributed by atoms with Crippen molar-refractivity contribution in [3.8, 4) is 0 Å². The fraction of sp³-hybridized carbons (Fsp3) is 0.588. The van der Waals surface area contributed by atoms with Crippen LogP contribution in [-0.2, 0) is 4.79 Å². The van der Waals surface area contributed by atoms with Crippen LogP contribution in [0.1, 0.15) is 20.3 Å². The molecule has 1 unspecified atom stereocenters. The molecular formula is C17H27FN6O. The van der Waals surface area contributed by atoms with Gasteiger partial charge in [-0.1, -0.05) is 13.8 Å². The molecule has 1 aliphatic heterocycles. The second kappa shape index (κ2) is 9.19. The van der Waals surface area contributed by atoms with Crippen LogP contribution in [0.3, 0.4) is 0 Å². The Morgan fingerprint density at radius 3 is 2.88 bits per heavy atom. The maximum atomic E-state index is 13.8. The van der Waals surface area contributed by atoms with Gasteiger partial charge in [0.05, 0.1) is 0 Å². The van der Waals surface area contributed by atoms with E-state index in [0.717, 1.165) is 13.0 Å². The van der Waals surface area contributed by atoms with Crippen LogP contribution in [0.15, 0.2) is 23.3 Å². The average Bonchev–Trinajstić information content (AvgIpc) is 3.05. The fourth-order valence-corrected chi connectivity index (χ4v) is 2.64. The van der Waals surface area contributed by atoms with Crippen molar-refractivity contribution in [2.45, 2.75) is 26.3 Å². The summed E-state index contributed by atoms with van der Waals surface area (Å²) in [7, 11) is 1.70. The predicted molar refractivity (Wildman–Crippen MR) is 97.2 cm³/mol. The highest BCUT2D eigenvalue weighted by molar-refractivity contribution is 5.80. The zero-order chi connectivity index (χ0) is 18.2. The van der Waals surface area contributed by atoms with Crippen molar-refractivity contribution >= 4 is 17.7 Å². The molecule has 1 aromatic rings. The van der Waals surface area contributed by atoms with Crippen LogP contribution in [0.5, 0.6) is 0 Å². The molecule has 1 atom stereocenters. The number of aromatic nitrogens is 1. The van der Waals surface area contributed by atoms with Gasteiger partial charge in [0.25, 0.3) is 0 Å². The maximum Gasteiger partial charge on any atom is 0.222 e. The molecule has 0 saturated carbocycles. The van der Waals surface area contributed by atoms with Gasteiger partial charge in [-0.3, -0.25) is 9.79 Å². The molecule has 1 aromatic heterocycles. The molecule has 8 heteroatoms. The fourth-order valence-electron chi connectivity index (χ4n) is 2.64. The number of hydrogen-bond donors (Lipinski definition) is 3. The molecule has 1 amide bonds. The summed E-state index contributed by atoms with van der Waals surface area (Å²) < 4.78 is 13.8. The predicted octanol–water partition coefficient (Wildman–Crippen LogP) is 0.737. The Morgan fingerprint density at radius 2 is 2.20 bits per heavy atom. The number of aliphatic imine (C=N–C) groups is 1. The van der Waals surface area contributed by atoms with Gasteiger partial charge in [-0.05, 0) is 18.6 Å². The van der Waals surface area contributed by atoms with Crippen LogP contribution < -0.4 is 20.9 Å². The van der Waals surface area contributed by atoms with E-state index in [2.05, 4.69) is 25.9 Å². The molecule has 0 aromatic carbocycles. The van der Waals surface area contributed by atoms with Crippen LogP contribution in [0.2, 0.25) is 0 Å². The average molecular weight is 350 g/mol. The van der Waals surface area contributed by atoms with Crippen molar-refractivity contribution in [3.05, 3.63) is 24.1 Å². The number of guanidine groups is 1. The molecular weight excluding hydrogens is 323 g/mol. The van der Waals surface area contributed by atoms with Crippen LogP contribution in [-0.4, -0.2) is 56.1 Å². The van der Waals surface area contributed by atoms with Crippen LogP contribution >= 0.6 is 0 Å². The van der Waals surface area contributed by atoms with Gasteiger partial charge in [0.2, 0.25) is 5.91 Å². The Morgan fingerprint density at radius 1 is 1.44 bits per heavy atom. The van der Waals surface area contributed by atoms with Gasteiger partial charge in [-0.2, -0.15) is 0 Å². The maximum absolute atomic E-state index is 13.8. The largest absolute Gasteiger partial charge is 0.355 e. The van der Waals surface area contributed by atoms with E-state index in [-0.39, 0.29) is 23.7 Å². The summed E-state index contributed by atoms with van der Waals surface area (Å²) in [5, 5.41) is 9.35. The van der Waals surface area contributed by atoms with Gasteiger partial charge < -0.3 is 20.9 Å². The van der Waals surface area contributed by atoms with E-state index in [1.165, 1.54) is 6.07 Å². The number of rotatable bonds is 6. The number of nitrogens with zero attached hydrogens (tertiary/aromatic N) is 3. The number of hydrogen-bond acceptors (Lipinski definition) is 4. The smallest absolute Gasteiger partial charge is 0.222 e. The molecule has 0 radical (unpaired) electrons. The summed E-state index contributed by atoms with van der Waals surface area (Å²) in [6.07, 6.45) is 2.48. The molecule has 3 N–H and O–H groups in total. The lowest BCUT2D eigenvalue weighted by Gasteiger charge is -2.20. The zero-order valence-electron chi connectivity index (χ0n) is 15.1. The molecule has 1 saturated heterocycles. The molecule has 1 aliphatic rings. The molecule has 0 aliphatic carbocycles. The SMILES string of the molecule is CN=C(NCCNC(=O)C(C)C)NC1CCN(c2ncccc2F)C1. The van der Waals surface area contributed by atoms with Crippen LogP contribution in [0, 0.1) is 11.7 Å². The van der Waals surface area contributed by atoms with E-state index in [0.29, 0.717) is 31.4 Å². The first kappa shape index (κ1) is 19.0. The third kappa shape index (κ3) is 5.58. The van der Waals surface area contributed by atoms with Crippen molar-refractivity contribution < 1.29 is 9.18 Å². The van der Waals surface area contributed by atoms with Gasteiger partial charge in [-0.25, -0.2) is 9.37 Å². The monoisotopic (exact) mass is 350 g/mol. The van der Waals surface area contributed by atoms with Gasteiger partial charge >= 0.3 is 0 Å². The van der Waals surface area contributed by atoms with Crippen molar-refractivity contribution in [2.75, 3.05) is 38.1 Å². The molecule has 138 valence electrons. The lowest BCUT2D eigenvalue weighted by molar-refractivity contribution is -0.123. The highest BCUT2D eigenvalue weighted by Crippen LogP contribution is 2.20. The first-order valence-electron chi connectivity index (χ1n) is 8.61. The van der Waals surface area contributed by atoms with Gasteiger partial charge in [0.1, 0.15) is 0 Å². The minimum atomic E-state index is -0.299. The highest BCUT2D eigenvalue weighted by atomic mass is 19.1. The Hall–Kier alpha value is -2.38. The van der Waals surface area contributed by atoms with E-state index in [9.17, 15) is 9.18 Å². The molecule has 2 rings (SSSR count). The Bertz CT molecular complexity index is 607. The Balaban J connectivity index is 1.75. The number of anilines is 1. The summed E-state index contributed by atoms with van der Waals surface area (Å²) in [6.45, 7) is 6.25. The molecule has 25 heavy (non-hydrogen) atoms. The van der Waals surface area contributed by atoms with Crippen LogP contribution in [0.4, 0.5) is 10.2 Å². The van der Waals surface area contributed by atoms with Crippen molar-refractivity contribution in [1.82, 2.24) is 20.9 Å². The second-order valence-corrected chi connectivity index (χ2v) is 6.33. The van der Waals surface area contributed by atoms with E-state index < -0.39 is 0 Å². The summed E-state index contributed by atoms with van der Waals surface area (Å²) in [5.74, 6) is 0.785. The van der Waals surface area contributed by atoms with Crippen LogP contribution in [0.25, 0.3) is 0 Å². The lowest BCUT2D eigenvalue weighted by atomic mass is 10.2. The van der Waals surface area contributed by atoms with E-state index in [4.69, 9.17) is 0 Å². The summed E-state index contributed by atoms with van der Waals surface area (Å²) >= 11 is 0. The first-order valence-corrected chi connectivity index (χ1v) is 8.61. The number of halogens is 1. The van der Waals surface area contributed by atoms with E-state index in [1.807, 2.05) is 18.7 Å². The minimum Gasteiger partial charge on any atom is -0.355 e. The van der Waals surface area contributed by atoms with Gasteiger partial charge in [0.15, 0.2) is 17.6 Å². The number of pyridine rings is 1. The first-order chi connectivity index (χ1) is 12.0. The van der Waals surface area contributed by atoms with Gasteiger partial charge in [0, 0.05) is 51.4 Å². The minimum absolute atomic E-state index is 0.0195. The second-order valence-electron chi connectivity index (χ2n) is 6.33. The highest BCUT2D eigenvalue weighted by Gasteiger charge is 2.25. The lowest BCUT2D eigenvalue weighted by Crippen LogP contribution is -2.46. The van der Waals surface area contributed by atoms with Crippen molar-refractivity contribution in [2.24, 2.45) is 10.9 Å². The Labute approximate surface area is 148 Å². The summed E-state index contributed by atoms with van der Waals surface area (Å²) in [5.41, 5.74) is 0. The molecule has 0 spiro atoms. The quantitative estimate of drug-likeness (QED) is 0.400. The number of carbonyl (C=O) groups excluding carboxylic acids is 1. The number of carbonyl (C=O) groups is 1.